The lowest BCUT2D eigenvalue weighted by molar-refractivity contribution is -0.140. The Morgan fingerprint density at radius 1 is 1.07 bits per heavy atom. The number of esters is 1. The number of aromatic hydroxyl groups is 1. The molecule has 1 rings (SSSR count). The summed E-state index contributed by atoms with van der Waals surface area (Å²) in [4.78, 5) is 11.2. The normalized spacial score (nSPS) is 11.9. The molecule has 152 valence electrons. The van der Waals surface area contributed by atoms with Crippen molar-refractivity contribution >= 4 is 16.4 Å². The van der Waals surface area contributed by atoms with Crippen molar-refractivity contribution in [2.75, 3.05) is 21.3 Å². The van der Waals surface area contributed by atoms with Crippen LogP contribution in [0.5, 0.6) is 23.0 Å². The van der Waals surface area contributed by atoms with Crippen LogP contribution >= 0.6 is 0 Å². The smallest absolute Gasteiger partial charge is 0.446 e. The SMILES string of the molecule is COC(=O)CC/C(C)=C/Cc1c(C)c(O)c(OC)c(OC)c1OS(=O)(=O)O. The fraction of sp³-hybridized carbons (Fsp3) is 0.471. The minimum atomic E-state index is -4.85. The number of allylic oxidation sites excluding steroid dienone is 2. The van der Waals surface area contributed by atoms with Gasteiger partial charge < -0.3 is 23.5 Å². The van der Waals surface area contributed by atoms with Crippen molar-refractivity contribution < 1.29 is 41.3 Å². The van der Waals surface area contributed by atoms with E-state index in [-0.39, 0.29) is 47.4 Å². The maximum Gasteiger partial charge on any atom is 0.446 e. The first kappa shape index (κ1) is 22.6. The summed E-state index contributed by atoms with van der Waals surface area (Å²) in [6, 6.07) is 0. The Labute approximate surface area is 158 Å². The van der Waals surface area contributed by atoms with Gasteiger partial charge in [0.15, 0.2) is 11.5 Å². The summed E-state index contributed by atoms with van der Waals surface area (Å²) in [5, 5.41) is 10.3. The van der Waals surface area contributed by atoms with E-state index in [1.165, 1.54) is 21.3 Å². The summed E-state index contributed by atoms with van der Waals surface area (Å²) < 4.78 is 51.1. The third-order valence-corrected chi connectivity index (χ3v) is 4.29. The quantitative estimate of drug-likeness (QED) is 0.362. The molecule has 0 aliphatic heterocycles. The lowest BCUT2D eigenvalue weighted by atomic mass is 9.99. The van der Waals surface area contributed by atoms with Crippen molar-refractivity contribution in [1.29, 1.82) is 0 Å². The summed E-state index contributed by atoms with van der Waals surface area (Å²) in [6.45, 7) is 3.34. The maximum atomic E-state index is 11.3. The van der Waals surface area contributed by atoms with E-state index >= 15 is 0 Å². The summed E-state index contributed by atoms with van der Waals surface area (Å²) >= 11 is 0. The third kappa shape index (κ3) is 6.04. The van der Waals surface area contributed by atoms with Crippen LogP contribution in [0, 0.1) is 6.92 Å². The van der Waals surface area contributed by atoms with Crippen molar-refractivity contribution in [2.45, 2.75) is 33.1 Å². The maximum absolute atomic E-state index is 11.3. The lowest BCUT2D eigenvalue weighted by Crippen LogP contribution is -2.11. The largest absolute Gasteiger partial charge is 0.504 e. The Morgan fingerprint density at radius 3 is 2.15 bits per heavy atom. The molecular weight excluding hydrogens is 380 g/mol. The van der Waals surface area contributed by atoms with E-state index in [2.05, 4.69) is 8.92 Å². The van der Waals surface area contributed by atoms with E-state index in [1.807, 2.05) is 0 Å². The molecule has 0 fully saturated rings. The van der Waals surface area contributed by atoms with Gasteiger partial charge in [0.05, 0.1) is 21.3 Å². The van der Waals surface area contributed by atoms with E-state index in [4.69, 9.17) is 14.0 Å². The molecule has 0 aromatic heterocycles. The third-order valence-electron chi connectivity index (χ3n) is 3.91. The van der Waals surface area contributed by atoms with Gasteiger partial charge in [0.25, 0.3) is 0 Å². The fourth-order valence-electron chi connectivity index (χ4n) is 2.42. The highest BCUT2D eigenvalue weighted by Gasteiger charge is 2.27. The van der Waals surface area contributed by atoms with Gasteiger partial charge in [0.2, 0.25) is 11.5 Å². The van der Waals surface area contributed by atoms with Crippen LogP contribution in [0.15, 0.2) is 11.6 Å². The first-order chi connectivity index (χ1) is 12.6. The van der Waals surface area contributed by atoms with Crippen molar-refractivity contribution in [1.82, 2.24) is 0 Å². The molecule has 0 amide bonds. The van der Waals surface area contributed by atoms with Crippen LogP contribution in [0.4, 0.5) is 0 Å². The minimum Gasteiger partial charge on any atom is -0.504 e. The standard InChI is InChI=1S/C17H24O9S/c1-10(7-9-13(18)23-3)6-8-12-11(2)14(19)16(24-4)17(25-5)15(12)26-27(20,21)22/h6,19H,7-9H2,1-5H3,(H,20,21,22)/b10-6+. The highest BCUT2D eigenvalue weighted by Crippen LogP contribution is 2.49. The molecule has 10 heteroatoms. The summed E-state index contributed by atoms with van der Waals surface area (Å²) in [5.41, 5.74) is 1.41. The molecule has 0 spiro atoms. The molecule has 0 saturated heterocycles. The van der Waals surface area contributed by atoms with Crippen LogP contribution in [0.2, 0.25) is 0 Å². The van der Waals surface area contributed by atoms with E-state index in [0.29, 0.717) is 12.0 Å². The Kier molecular flexibility index (Phi) is 7.92. The molecule has 9 nitrogen and oxygen atoms in total. The first-order valence-corrected chi connectivity index (χ1v) is 9.27. The number of ether oxygens (including phenoxy) is 3. The van der Waals surface area contributed by atoms with Gasteiger partial charge in [0.1, 0.15) is 0 Å². The fourth-order valence-corrected chi connectivity index (χ4v) is 2.81. The van der Waals surface area contributed by atoms with E-state index in [0.717, 1.165) is 5.57 Å². The minimum absolute atomic E-state index is 0.121. The van der Waals surface area contributed by atoms with Gasteiger partial charge in [-0.15, -0.1) is 0 Å². The van der Waals surface area contributed by atoms with Gasteiger partial charge in [-0.05, 0) is 26.7 Å². The number of carbonyl (C=O) groups excluding carboxylic acids is 1. The second-order valence-corrected chi connectivity index (χ2v) is 6.71. The van der Waals surface area contributed by atoms with Crippen molar-refractivity contribution in [3.8, 4) is 23.0 Å². The Bertz CT molecular complexity index is 826. The molecule has 27 heavy (non-hydrogen) atoms. The number of hydrogen-bond donors (Lipinski definition) is 2. The molecule has 0 atom stereocenters. The molecular formula is C17H24O9S. The van der Waals surface area contributed by atoms with E-state index in [9.17, 15) is 18.3 Å². The zero-order chi connectivity index (χ0) is 20.8. The molecule has 1 aromatic rings. The van der Waals surface area contributed by atoms with Gasteiger partial charge in [0, 0.05) is 17.5 Å². The molecule has 0 heterocycles. The van der Waals surface area contributed by atoms with Gasteiger partial charge >= 0.3 is 16.4 Å². The summed E-state index contributed by atoms with van der Waals surface area (Å²) in [7, 11) is -1.04. The van der Waals surface area contributed by atoms with Crippen LogP contribution < -0.4 is 13.7 Å². The number of phenolic OH excluding ortho intramolecular Hbond substituents is 1. The predicted molar refractivity (Wildman–Crippen MR) is 96.8 cm³/mol. The number of rotatable bonds is 9. The monoisotopic (exact) mass is 404 g/mol. The van der Waals surface area contributed by atoms with Crippen LogP contribution in [-0.4, -0.2) is 45.4 Å². The van der Waals surface area contributed by atoms with Gasteiger partial charge in [-0.1, -0.05) is 11.6 Å². The molecule has 0 unspecified atom stereocenters. The van der Waals surface area contributed by atoms with Gasteiger partial charge in [-0.25, -0.2) is 0 Å². The molecule has 0 aliphatic carbocycles. The molecule has 0 radical (unpaired) electrons. The Balaban J connectivity index is 3.39. The Morgan fingerprint density at radius 2 is 1.67 bits per heavy atom. The predicted octanol–water partition coefficient (Wildman–Crippen LogP) is 2.34. The number of hydrogen-bond acceptors (Lipinski definition) is 8. The van der Waals surface area contributed by atoms with Crippen molar-refractivity contribution in [2.24, 2.45) is 0 Å². The topological polar surface area (TPSA) is 129 Å². The highest BCUT2D eigenvalue weighted by atomic mass is 32.3. The van der Waals surface area contributed by atoms with Gasteiger partial charge in [-0.2, -0.15) is 8.42 Å². The Hall–Kier alpha value is -2.46. The van der Waals surface area contributed by atoms with E-state index < -0.39 is 10.4 Å². The van der Waals surface area contributed by atoms with Crippen molar-refractivity contribution in [3.05, 3.63) is 22.8 Å². The second-order valence-electron chi connectivity index (χ2n) is 5.69. The molecule has 2 N–H and O–H groups in total. The average Bonchev–Trinajstić information content (AvgIpc) is 2.60. The summed E-state index contributed by atoms with van der Waals surface area (Å²) in [6.07, 6.45) is 2.54. The number of phenols is 1. The van der Waals surface area contributed by atoms with Crippen LogP contribution in [0.25, 0.3) is 0 Å². The van der Waals surface area contributed by atoms with Crippen LogP contribution in [-0.2, 0) is 26.4 Å². The number of carbonyl (C=O) groups is 1. The lowest BCUT2D eigenvalue weighted by Gasteiger charge is -2.19. The zero-order valence-electron chi connectivity index (χ0n) is 15.9. The first-order valence-electron chi connectivity index (χ1n) is 7.91. The number of methoxy groups -OCH3 is 3. The van der Waals surface area contributed by atoms with E-state index in [1.54, 1.807) is 19.9 Å². The second kappa shape index (κ2) is 9.47. The number of benzene rings is 1. The zero-order valence-corrected chi connectivity index (χ0v) is 16.7. The molecule has 0 saturated carbocycles. The van der Waals surface area contributed by atoms with Gasteiger partial charge in [-0.3, -0.25) is 9.35 Å². The summed E-state index contributed by atoms with van der Waals surface area (Å²) in [5.74, 6) is -1.17. The average molecular weight is 404 g/mol. The highest BCUT2D eigenvalue weighted by molar-refractivity contribution is 7.81. The van der Waals surface area contributed by atoms with Crippen LogP contribution in [0.3, 0.4) is 0 Å². The van der Waals surface area contributed by atoms with Crippen molar-refractivity contribution in [3.63, 3.8) is 0 Å². The van der Waals surface area contributed by atoms with Crippen LogP contribution in [0.1, 0.15) is 30.9 Å². The molecule has 1 aromatic carbocycles. The molecule has 0 bridgehead atoms. The molecule has 0 aliphatic rings.